The standard InChI is InChI=1S/2C3H8O3.2Ca.H4O7P2/c2*4-1-3(6)2-5;;;1-8(2,3)7-9(4,5)6/h2*3-6H,1-2H2;;;(H2,1,2,3)(H2,4,5,6)/q;;2*+2;/p-4. The molecule has 17 heteroatoms. The van der Waals surface area contributed by atoms with Crippen molar-refractivity contribution >= 4 is 91.1 Å². The van der Waals surface area contributed by atoms with E-state index in [0.717, 1.165) is 0 Å². The summed E-state index contributed by atoms with van der Waals surface area (Å²) in [6.45, 7) is -1.46. The van der Waals surface area contributed by atoms with E-state index in [4.69, 9.17) is 30.6 Å². The predicted octanol–water partition coefficient (Wildman–Crippen LogP) is -7.44. The Labute approximate surface area is 191 Å². The van der Waals surface area contributed by atoms with Crippen molar-refractivity contribution in [3.05, 3.63) is 0 Å². The molecule has 13 nitrogen and oxygen atoms in total. The molecular weight excluding hydrogens is 422 g/mol. The Morgan fingerprint density at radius 3 is 0.870 bits per heavy atom. The van der Waals surface area contributed by atoms with E-state index in [0.29, 0.717) is 0 Å². The fourth-order valence-corrected chi connectivity index (χ4v) is 1.22. The third-order valence-electron chi connectivity index (χ3n) is 1.04. The average molecular weight is 438 g/mol. The maximum Gasteiger partial charge on any atom is 2.00 e. The van der Waals surface area contributed by atoms with Gasteiger partial charge in [-0.1, -0.05) is 0 Å². The van der Waals surface area contributed by atoms with Gasteiger partial charge >= 0.3 is 75.5 Å². The quantitative estimate of drug-likeness (QED) is 0.166. The fraction of sp³-hybridized carbons (Fsp3) is 1.00. The zero-order valence-electron chi connectivity index (χ0n) is 11.8. The number of hydrogen-bond donors (Lipinski definition) is 6. The Kier molecular flexibility index (Phi) is 33.0. The summed E-state index contributed by atoms with van der Waals surface area (Å²) in [6.07, 6.45) is -1.91. The summed E-state index contributed by atoms with van der Waals surface area (Å²) in [7, 11) is -11.4. The summed E-state index contributed by atoms with van der Waals surface area (Å²) in [5.41, 5.74) is 0. The van der Waals surface area contributed by atoms with Crippen molar-refractivity contribution < 1.29 is 63.7 Å². The van der Waals surface area contributed by atoms with Crippen LogP contribution < -0.4 is 19.6 Å². The maximum absolute atomic E-state index is 9.32. The zero-order valence-corrected chi connectivity index (χ0v) is 18.0. The van der Waals surface area contributed by atoms with Crippen molar-refractivity contribution in [3.63, 3.8) is 0 Å². The first kappa shape index (κ1) is 36.5. The Morgan fingerprint density at radius 1 is 0.696 bits per heavy atom. The SMILES string of the molecule is O=P([O-])([O-])OP(=O)([O-])[O-].OCC(O)CO.OCC(O)CO.[Ca+2].[Ca+2]. The second-order valence-electron chi connectivity index (χ2n) is 3.01. The minimum absolute atomic E-state index is 0. The number of aliphatic hydroxyl groups excluding tert-OH is 6. The van der Waals surface area contributed by atoms with Crippen molar-refractivity contribution in [1.29, 1.82) is 0 Å². The number of rotatable bonds is 6. The summed E-state index contributed by atoms with van der Waals surface area (Å²) in [6, 6.07) is 0. The van der Waals surface area contributed by atoms with E-state index >= 15 is 0 Å². The molecule has 23 heavy (non-hydrogen) atoms. The van der Waals surface area contributed by atoms with Gasteiger partial charge in [0.05, 0.1) is 42.1 Å². The van der Waals surface area contributed by atoms with E-state index < -0.39 is 27.9 Å². The summed E-state index contributed by atoms with van der Waals surface area (Å²) >= 11 is 0. The largest absolute Gasteiger partial charge is 2.00 e. The topological polar surface area (TPSA) is 257 Å². The predicted molar refractivity (Wildman–Crippen MR) is 68.2 cm³/mol. The molecule has 0 unspecified atom stereocenters. The van der Waals surface area contributed by atoms with Crippen LogP contribution in [0.3, 0.4) is 0 Å². The minimum Gasteiger partial charge on any atom is -0.790 e. The van der Waals surface area contributed by atoms with Crippen molar-refractivity contribution in [1.82, 2.24) is 0 Å². The molecule has 0 spiro atoms. The monoisotopic (exact) mass is 438 g/mol. The van der Waals surface area contributed by atoms with Gasteiger partial charge < -0.3 is 63.7 Å². The molecule has 0 saturated heterocycles. The molecule has 0 heterocycles. The molecule has 0 bridgehead atoms. The van der Waals surface area contributed by atoms with Crippen LogP contribution in [-0.2, 0) is 13.4 Å². The summed E-state index contributed by atoms with van der Waals surface area (Å²) < 4.78 is 21.2. The summed E-state index contributed by atoms with van der Waals surface area (Å²) in [4.78, 5) is 37.3. The van der Waals surface area contributed by atoms with E-state index in [2.05, 4.69) is 4.31 Å². The van der Waals surface area contributed by atoms with Gasteiger partial charge in [-0.15, -0.1) is 0 Å². The Morgan fingerprint density at radius 2 is 0.870 bits per heavy atom. The Balaban J connectivity index is -0.0000000696. The normalized spacial score (nSPS) is 10.6. The average Bonchev–Trinajstić information content (AvgIpc) is 2.33. The van der Waals surface area contributed by atoms with Gasteiger partial charge in [0.1, 0.15) is 12.2 Å². The third kappa shape index (κ3) is 45.6. The molecular formula is C6H16Ca2O13P2. The van der Waals surface area contributed by atoms with Crippen LogP contribution in [0.1, 0.15) is 0 Å². The first-order valence-electron chi connectivity index (χ1n) is 4.87. The van der Waals surface area contributed by atoms with Crippen LogP contribution in [0.5, 0.6) is 0 Å². The molecule has 0 aromatic heterocycles. The van der Waals surface area contributed by atoms with Gasteiger partial charge in [0.2, 0.25) is 0 Å². The van der Waals surface area contributed by atoms with Crippen LogP contribution in [0.2, 0.25) is 0 Å². The second kappa shape index (κ2) is 20.8. The van der Waals surface area contributed by atoms with Crippen molar-refractivity contribution in [2.24, 2.45) is 0 Å². The minimum atomic E-state index is -5.68. The smallest absolute Gasteiger partial charge is 0.790 e. The summed E-state index contributed by atoms with van der Waals surface area (Å²) in [5.74, 6) is 0. The molecule has 6 N–H and O–H groups in total. The summed E-state index contributed by atoms with van der Waals surface area (Å²) in [5, 5.41) is 48.0. The third-order valence-corrected chi connectivity index (χ3v) is 2.64. The number of hydrogen-bond acceptors (Lipinski definition) is 13. The zero-order chi connectivity index (χ0) is 17.7. The first-order valence-corrected chi connectivity index (χ1v) is 7.80. The van der Waals surface area contributed by atoms with Gasteiger partial charge in [-0.3, -0.25) is 0 Å². The van der Waals surface area contributed by atoms with E-state index in [1.54, 1.807) is 0 Å². The van der Waals surface area contributed by atoms with Crippen molar-refractivity contribution in [3.8, 4) is 0 Å². The van der Waals surface area contributed by atoms with Crippen LogP contribution >= 0.6 is 15.6 Å². The van der Waals surface area contributed by atoms with Crippen LogP contribution in [-0.4, -0.2) is 145 Å². The maximum atomic E-state index is 9.32. The van der Waals surface area contributed by atoms with Gasteiger partial charge in [0.15, 0.2) is 0 Å². The van der Waals surface area contributed by atoms with Gasteiger partial charge in [-0.25, -0.2) is 0 Å². The molecule has 0 atom stereocenters. The molecule has 0 aliphatic rings. The molecule has 0 aliphatic carbocycles. The molecule has 0 aromatic carbocycles. The van der Waals surface area contributed by atoms with E-state index in [1.165, 1.54) is 0 Å². The molecule has 0 rings (SSSR count). The van der Waals surface area contributed by atoms with Crippen LogP contribution in [0.4, 0.5) is 0 Å². The van der Waals surface area contributed by atoms with Gasteiger partial charge in [-0.2, -0.15) is 0 Å². The molecule has 0 fully saturated rings. The molecule has 132 valence electrons. The number of aliphatic hydroxyl groups is 6. The molecule has 0 saturated carbocycles. The molecule has 0 aromatic rings. The number of phosphoric acid groups is 2. The molecule has 0 radical (unpaired) electrons. The second-order valence-corrected chi connectivity index (χ2v) is 5.46. The Bertz CT molecular complexity index is 282. The van der Waals surface area contributed by atoms with E-state index in [1.807, 2.05) is 0 Å². The molecule has 0 aliphatic heterocycles. The molecule has 0 amide bonds. The Hall–Kier alpha value is 2.54. The van der Waals surface area contributed by atoms with Crippen molar-refractivity contribution in [2.75, 3.05) is 26.4 Å². The van der Waals surface area contributed by atoms with E-state index in [9.17, 15) is 28.7 Å². The van der Waals surface area contributed by atoms with E-state index in [-0.39, 0.29) is 102 Å². The van der Waals surface area contributed by atoms with Crippen LogP contribution in [0.15, 0.2) is 0 Å². The van der Waals surface area contributed by atoms with Crippen LogP contribution in [0.25, 0.3) is 0 Å². The van der Waals surface area contributed by atoms with Gasteiger partial charge in [0.25, 0.3) is 0 Å². The van der Waals surface area contributed by atoms with Crippen LogP contribution in [0, 0.1) is 0 Å². The van der Waals surface area contributed by atoms with Gasteiger partial charge in [-0.05, 0) is 0 Å². The fourth-order valence-electron chi connectivity index (χ4n) is 0.238. The van der Waals surface area contributed by atoms with Gasteiger partial charge in [0, 0.05) is 0 Å². The first-order chi connectivity index (χ1) is 9.32. The van der Waals surface area contributed by atoms with Crippen molar-refractivity contribution in [2.45, 2.75) is 12.2 Å².